The molecule has 2 fully saturated rings. The molecule has 3 atom stereocenters. The Morgan fingerprint density at radius 1 is 0.725 bits per heavy atom. The number of carbonyl (C=O) groups excluding carboxylic acids is 2. The van der Waals surface area contributed by atoms with Crippen LogP contribution in [0.1, 0.15) is 194 Å². The van der Waals surface area contributed by atoms with Crippen molar-refractivity contribution in [1.82, 2.24) is 4.90 Å². The Hall–Kier alpha value is -1.88. The highest BCUT2D eigenvalue weighted by Crippen LogP contribution is 2.66. The Morgan fingerprint density at radius 2 is 1.29 bits per heavy atom. The van der Waals surface area contributed by atoms with E-state index in [1.807, 2.05) is 0 Å². The minimum Gasteiger partial charge on any atom is -0.466 e. The number of carbonyl (C=O) groups is 2. The van der Waals surface area contributed by atoms with E-state index >= 15 is 0 Å². The summed E-state index contributed by atoms with van der Waals surface area (Å²) < 4.78 is 11.7. The molecule has 0 aliphatic heterocycles. The lowest BCUT2D eigenvalue weighted by atomic mass is 9.70. The summed E-state index contributed by atoms with van der Waals surface area (Å²) in [6.45, 7) is 15.5. The molecule has 292 valence electrons. The fourth-order valence-electron chi connectivity index (χ4n) is 9.12. The van der Waals surface area contributed by atoms with E-state index in [2.05, 4.69) is 69.9 Å². The Labute approximate surface area is 314 Å². The van der Waals surface area contributed by atoms with Crippen LogP contribution in [0.3, 0.4) is 0 Å². The molecule has 51 heavy (non-hydrogen) atoms. The fourth-order valence-corrected chi connectivity index (χ4v) is 9.12. The van der Waals surface area contributed by atoms with E-state index in [1.165, 1.54) is 108 Å². The summed E-state index contributed by atoms with van der Waals surface area (Å²) in [6, 6.07) is 10.9. The molecule has 0 heterocycles. The van der Waals surface area contributed by atoms with Gasteiger partial charge in [0.15, 0.2) is 0 Å². The van der Waals surface area contributed by atoms with Crippen molar-refractivity contribution < 1.29 is 19.1 Å². The number of rotatable bonds is 30. The first kappa shape index (κ1) is 43.5. The van der Waals surface area contributed by atoms with Gasteiger partial charge in [0.05, 0.1) is 6.61 Å². The average Bonchev–Trinajstić information content (AvgIpc) is 3.45. The third-order valence-corrected chi connectivity index (χ3v) is 13.2. The van der Waals surface area contributed by atoms with Gasteiger partial charge in [-0.25, -0.2) is 0 Å². The Kier molecular flexibility index (Phi) is 20.9. The number of hydrogen-bond acceptors (Lipinski definition) is 5. The van der Waals surface area contributed by atoms with Gasteiger partial charge in [0.1, 0.15) is 6.10 Å². The number of benzene rings is 1. The van der Waals surface area contributed by atoms with Crippen LogP contribution in [0, 0.1) is 22.7 Å². The molecular weight excluding hydrogens is 631 g/mol. The molecule has 1 aromatic carbocycles. The van der Waals surface area contributed by atoms with Crippen LogP contribution >= 0.6 is 0 Å². The highest BCUT2D eigenvalue weighted by Gasteiger charge is 2.62. The van der Waals surface area contributed by atoms with Crippen molar-refractivity contribution in [3.8, 4) is 0 Å². The minimum atomic E-state index is -0.000851. The standard InChI is InChI=1S/C46H79NO4/c1-6-8-17-25-39(26-18-9-7-2)32-36-50-43(48)29-21-12-10-14-23-34-47(38-40-27-19-16-20-28-40)35-24-15-11-13-22-30-44(49)51-42-37-41-31-33-46(42,5)45(41,3)4/h16,19-20,27-28,39,41-42H,6-15,17-18,21-26,29-38H2,1-5H3/t41-,42-,46+/m0/s1. The van der Waals surface area contributed by atoms with E-state index in [9.17, 15) is 9.59 Å². The molecule has 5 nitrogen and oxygen atoms in total. The van der Waals surface area contributed by atoms with Crippen molar-refractivity contribution in [2.24, 2.45) is 22.7 Å². The lowest BCUT2D eigenvalue weighted by Crippen LogP contribution is -2.38. The molecule has 0 unspecified atom stereocenters. The summed E-state index contributed by atoms with van der Waals surface area (Å²) in [5.41, 5.74) is 1.82. The Bertz CT molecular complexity index is 1060. The monoisotopic (exact) mass is 710 g/mol. The lowest BCUT2D eigenvalue weighted by molar-refractivity contribution is -0.157. The minimum absolute atomic E-state index is 0.000851. The van der Waals surface area contributed by atoms with E-state index in [-0.39, 0.29) is 28.9 Å². The molecule has 0 N–H and O–H groups in total. The van der Waals surface area contributed by atoms with E-state index in [0.29, 0.717) is 31.3 Å². The zero-order valence-corrected chi connectivity index (χ0v) is 34.0. The van der Waals surface area contributed by atoms with E-state index in [1.54, 1.807) is 0 Å². The quantitative estimate of drug-likeness (QED) is 0.0588. The number of unbranched alkanes of at least 4 members (excludes halogenated alkanes) is 12. The third kappa shape index (κ3) is 15.6. The van der Waals surface area contributed by atoms with Crippen LogP contribution in [0.15, 0.2) is 30.3 Å². The van der Waals surface area contributed by atoms with Gasteiger partial charge < -0.3 is 9.47 Å². The molecule has 0 aromatic heterocycles. The molecule has 0 spiro atoms. The predicted octanol–water partition coefficient (Wildman–Crippen LogP) is 12.6. The summed E-state index contributed by atoms with van der Waals surface area (Å²) >= 11 is 0. The van der Waals surface area contributed by atoms with Crippen LogP contribution in [-0.4, -0.2) is 42.6 Å². The van der Waals surface area contributed by atoms with Gasteiger partial charge in [0.25, 0.3) is 0 Å². The molecule has 1 aromatic rings. The lowest BCUT2D eigenvalue weighted by Gasteiger charge is -2.38. The summed E-state index contributed by atoms with van der Waals surface area (Å²) in [5, 5.41) is 0. The number of hydrogen-bond donors (Lipinski definition) is 0. The SMILES string of the molecule is CCCCCC(CCCCC)CCOC(=O)CCCCCCCN(CCCCCCCC(=O)O[C@H]1C[C@@H]2CC[C@@]1(C)C2(C)C)Cc1ccccc1. The second kappa shape index (κ2) is 24.4. The first-order valence-corrected chi connectivity index (χ1v) is 21.8. The Balaban J connectivity index is 1.22. The summed E-state index contributed by atoms with van der Waals surface area (Å²) in [5.74, 6) is 1.44. The smallest absolute Gasteiger partial charge is 0.306 e. The van der Waals surface area contributed by atoms with Crippen molar-refractivity contribution in [2.75, 3.05) is 19.7 Å². The zero-order chi connectivity index (χ0) is 36.8. The molecule has 2 bridgehead atoms. The van der Waals surface area contributed by atoms with Crippen LogP contribution in [0.5, 0.6) is 0 Å². The molecule has 5 heteroatoms. The number of esters is 2. The van der Waals surface area contributed by atoms with Crippen molar-refractivity contribution in [1.29, 1.82) is 0 Å². The molecular formula is C46H79NO4. The van der Waals surface area contributed by atoms with Gasteiger partial charge in [-0.3, -0.25) is 14.5 Å². The molecule has 2 saturated carbocycles. The van der Waals surface area contributed by atoms with Crippen molar-refractivity contribution in [3.05, 3.63) is 35.9 Å². The second-order valence-corrected chi connectivity index (χ2v) is 17.3. The first-order valence-electron chi connectivity index (χ1n) is 21.8. The molecule has 2 aliphatic rings. The largest absolute Gasteiger partial charge is 0.466 e. The topological polar surface area (TPSA) is 55.8 Å². The van der Waals surface area contributed by atoms with Crippen LogP contribution < -0.4 is 0 Å². The highest BCUT2D eigenvalue weighted by atomic mass is 16.5. The molecule has 0 saturated heterocycles. The number of nitrogens with zero attached hydrogens (tertiary/aromatic N) is 1. The van der Waals surface area contributed by atoms with Gasteiger partial charge in [-0.2, -0.15) is 0 Å². The zero-order valence-electron chi connectivity index (χ0n) is 34.0. The van der Waals surface area contributed by atoms with Gasteiger partial charge in [-0.05, 0) is 87.3 Å². The van der Waals surface area contributed by atoms with Gasteiger partial charge in [0, 0.05) is 24.8 Å². The normalized spacial score (nSPS) is 20.8. The maximum absolute atomic E-state index is 12.7. The summed E-state index contributed by atoms with van der Waals surface area (Å²) in [6.07, 6.45) is 27.5. The van der Waals surface area contributed by atoms with Crippen LogP contribution in [0.25, 0.3) is 0 Å². The van der Waals surface area contributed by atoms with Gasteiger partial charge in [0.2, 0.25) is 0 Å². The van der Waals surface area contributed by atoms with E-state index in [4.69, 9.17) is 9.47 Å². The van der Waals surface area contributed by atoms with Crippen LogP contribution in [0.2, 0.25) is 0 Å². The molecule has 3 rings (SSSR count). The predicted molar refractivity (Wildman–Crippen MR) is 214 cm³/mol. The van der Waals surface area contributed by atoms with Gasteiger partial charge in [-0.1, -0.05) is 155 Å². The first-order chi connectivity index (χ1) is 24.7. The van der Waals surface area contributed by atoms with E-state index < -0.39 is 0 Å². The van der Waals surface area contributed by atoms with Crippen molar-refractivity contribution in [3.63, 3.8) is 0 Å². The maximum atomic E-state index is 12.7. The van der Waals surface area contributed by atoms with Gasteiger partial charge in [-0.15, -0.1) is 0 Å². The molecule has 2 aliphatic carbocycles. The molecule has 0 amide bonds. The summed E-state index contributed by atoms with van der Waals surface area (Å²) in [7, 11) is 0. The maximum Gasteiger partial charge on any atom is 0.306 e. The van der Waals surface area contributed by atoms with Gasteiger partial charge >= 0.3 is 11.9 Å². The van der Waals surface area contributed by atoms with Crippen molar-refractivity contribution in [2.45, 2.75) is 201 Å². The highest BCUT2D eigenvalue weighted by molar-refractivity contribution is 5.69. The van der Waals surface area contributed by atoms with Crippen molar-refractivity contribution >= 4 is 11.9 Å². The average molecular weight is 710 g/mol. The number of ether oxygens (including phenoxy) is 2. The second-order valence-electron chi connectivity index (χ2n) is 17.3. The third-order valence-electron chi connectivity index (χ3n) is 13.2. The van der Waals surface area contributed by atoms with E-state index in [0.717, 1.165) is 58.2 Å². The van der Waals surface area contributed by atoms with Crippen LogP contribution in [-0.2, 0) is 25.6 Å². The fraction of sp³-hybridized carbons (Fsp3) is 0.826. The molecule has 0 radical (unpaired) electrons. The van der Waals surface area contributed by atoms with Crippen LogP contribution in [0.4, 0.5) is 0 Å². The number of fused-ring (bicyclic) bond motifs is 2. The Morgan fingerprint density at radius 3 is 1.84 bits per heavy atom. The summed E-state index contributed by atoms with van der Waals surface area (Å²) in [4.78, 5) is 27.7.